The molecule has 1 saturated heterocycles. The molecule has 1 unspecified atom stereocenters. The molecule has 1 aliphatic carbocycles. The molecule has 0 spiro atoms. The third-order valence-electron chi connectivity index (χ3n) is 5.03. The lowest BCUT2D eigenvalue weighted by Gasteiger charge is -2.53. The first kappa shape index (κ1) is 16.0. The minimum absolute atomic E-state index is 0.0319. The van der Waals surface area contributed by atoms with Gasteiger partial charge in [-0.25, -0.2) is 0 Å². The van der Waals surface area contributed by atoms with Gasteiger partial charge in [0.1, 0.15) is 0 Å². The minimum Gasteiger partial charge on any atom is -0.356 e. The van der Waals surface area contributed by atoms with Crippen LogP contribution in [0.2, 0.25) is 0 Å². The third kappa shape index (κ3) is 2.70. The number of nitrogens with one attached hydrogen (secondary N) is 2. The van der Waals surface area contributed by atoms with Crippen molar-refractivity contribution in [1.29, 1.82) is 0 Å². The van der Waals surface area contributed by atoms with Gasteiger partial charge in [-0.1, -0.05) is 34.1 Å². The van der Waals surface area contributed by atoms with Gasteiger partial charge in [-0.05, 0) is 25.7 Å². The Kier molecular flexibility index (Phi) is 3.89. The first-order valence-corrected chi connectivity index (χ1v) is 7.79. The molecule has 5 nitrogen and oxygen atoms in total. The molecule has 2 aliphatic rings. The highest BCUT2D eigenvalue weighted by Crippen LogP contribution is 2.56. The number of hydrogen-bond acceptors (Lipinski definition) is 3. The third-order valence-corrected chi connectivity index (χ3v) is 5.03. The Morgan fingerprint density at radius 3 is 2.10 bits per heavy atom. The van der Waals surface area contributed by atoms with E-state index in [1.165, 1.54) is 0 Å². The van der Waals surface area contributed by atoms with E-state index in [4.69, 9.17) is 0 Å². The van der Waals surface area contributed by atoms with E-state index in [1.807, 2.05) is 20.8 Å². The van der Waals surface area contributed by atoms with Gasteiger partial charge in [0, 0.05) is 22.8 Å². The highest BCUT2D eigenvalue weighted by molar-refractivity contribution is 6.04. The highest BCUT2D eigenvalue weighted by atomic mass is 16.2. The van der Waals surface area contributed by atoms with Gasteiger partial charge in [0.05, 0.1) is 0 Å². The molecule has 2 fully saturated rings. The van der Waals surface area contributed by atoms with E-state index in [0.29, 0.717) is 25.8 Å². The summed E-state index contributed by atoms with van der Waals surface area (Å²) in [4.78, 5) is 36.9. The minimum atomic E-state index is -0.664. The van der Waals surface area contributed by atoms with Crippen molar-refractivity contribution in [2.75, 3.05) is 6.54 Å². The molecule has 0 aromatic carbocycles. The van der Waals surface area contributed by atoms with Crippen molar-refractivity contribution in [2.45, 2.75) is 59.8 Å². The van der Waals surface area contributed by atoms with Crippen molar-refractivity contribution >= 4 is 17.7 Å². The number of amides is 3. The van der Waals surface area contributed by atoms with Gasteiger partial charge in [0.25, 0.3) is 0 Å². The van der Waals surface area contributed by atoms with Gasteiger partial charge < -0.3 is 5.32 Å². The summed E-state index contributed by atoms with van der Waals surface area (Å²) in [6.07, 6.45) is 3.48. The number of carbonyl (C=O) groups is 3. The van der Waals surface area contributed by atoms with E-state index >= 15 is 0 Å². The summed E-state index contributed by atoms with van der Waals surface area (Å²) in [5.74, 6) is -0.509. The predicted octanol–water partition coefficient (Wildman–Crippen LogP) is 1.76. The summed E-state index contributed by atoms with van der Waals surface area (Å²) < 4.78 is 0. The van der Waals surface area contributed by atoms with Crippen LogP contribution in [0.3, 0.4) is 0 Å². The van der Waals surface area contributed by atoms with Gasteiger partial charge in [-0.3, -0.25) is 19.7 Å². The van der Waals surface area contributed by atoms with E-state index in [9.17, 15) is 14.4 Å². The van der Waals surface area contributed by atoms with Crippen molar-refractivity contribution in [2.24, 2.45) is 16.2 Å². The average molecular weight is 294 g/mol. The van der Waals surface area contributed by atoms with Gasteiger partial charge in [0.2, 0.25) is 17.7 Å². The number of unbranched alkanes of at least 4 members (excludes halogenated alkanes) is 1. The molecule has 2 N–H and O–H groups in total. The molecular weight excluding hydrogens is 268 g/mol. The van der Waals surface area contributed by atoms with Crippen molar-refractivity contribution in [3.63, 3.8) is 0 Å². The molecule has 21 heavy (non-hydrogen) atoms. The summed E-state index contributed by atoms with van der Waals surface area (Å²) in [5, 5.41) is 5.45. The molecular formula is C16H26N2O3. The van der Waals surface area contributed by atoms with Crippen LogP contribution in [0, 0.1) is 16.2 Å². The van der Waals surface area contributed by atoms with Gasteiger partial charge in [0.15, 0.2) is 0 Å². The fourth-order valence-electron chi connectivity index (χ4n) is 4.25. The van der Waals surface area contributed by atoms with Crippen LogP contribution in [-0.2, 0) is 14.4 Å². The molecule has 3 amide bonds. The quantitative estimate of drug-likeness (QED) is 0.613. The summed E-state index contributed by atoms with van der Waals surface area (Å²) in [5.41, 5.74) is -1.95. The Bertz CT molecular complexity index is 460. The molecule has 1 heterocycles. The monoisotopic (exact) mass is 294 g/mol. The van der Waals surface area contributed by atoms with Crippen LogP contribution >= 0.6 is 0 Å². The van der Waals surface area contributed by atoms with Crippen molar-refractivity contribution < 1.29 is 14.4 Å². The smallest absolute Gasteiger partial charge is 0.232 e. The Morgan fingerprint density at radius 1 is 1.10 bits per heavy atom. The second-order valence-electron chi connectivity index (χ2n) is 7.61. The lowest BCUT2D eigenvalue weighted by atomic mass is 9.52. The zero-order valence-electron chi connectivity index (χ0n) is 13.5. The molecule has 2 bridgehead atoms. The van der Waals surface area contributed by atoms with Crippen molar-refractivity contribution in [3.8, 4) is 0 Å². The van der Waals surface area contributed by atoms with E-state index in [1.54, 1.807) is 0 Å². The zero-order chi connectivity index (χ0) is 15.9. The molecule has 0 radical (unpaired) electrons. The van der Waals surface area contributed by atoms with Crippen LogP contribution in [0.1, 0.15) is 59.8 Å². The Balaban J connectivity index is 2.24. The predicted molar refractivity (Wildman–Crippen MR) is 79.2 cm³/mol. The van der Waals surface area contributed by atoms with Crippen molar-refractivity contribution in [3.05, 3.63) is 0 Å². The van der Waals surface area contributed by atoms with Crippen LogP contribution in [0.4, 0.5) is 0 Å². The highest BCUT2D eigenvalue weighted by Gasteiger charge is 2.60. The van der Waals surface area contributed by atoms with Crippen LogP contribution in [-0.4, -0.2) is 24.3 Å². The molecule has 0 aromatic rings. The maximum atomic E-state index is 12.6. The SMILES string of the molecule is CCCCNC(=O)C1(C)C[C@@]2(C)C[C@@](C)(C1)C(=O)NC2=O. The fraction of sp³-hybridized carbons (Fsp3) is 0.812. The van der Waals surface area contributed by atoms with Gasteiger partial charge >= 0.3 is 0 Å². The van der Waals surface area contributed by atoms with Crippen LogP contribution in [0.15, 0.2) is 0 Å². The van der Waals surface area contributed by atoms with Crippen LogP contribution in [0.25, 0.3) is 0 Å². The maximum Gasteiger partial charge on any atom is 0.232 e. The normalized spacial score (nSPS) is 38.9. The number of rotatable bonds is 4. The molecule has 1 saturated carbocycles. The first-order chi connectivity index (χ1) is 9.65. The summed E-state index contributed by atoms with van der Waals surface area (Å²) in [6.45, 7) is 8.34. The molecule has 5 heteroatoms. The second kappa shape index (κ2) is 5.11. The average Bonchev–Trinajstić information content (AvgIpc) is 2.36. The van der Waals surface area contributed by atoms with E-state index in [0.717, 1.165) is 12.8 Å². The Labute approximate surface area is 126 Å². The summed E-state index contributed by atoms with van der Waals surface area (Å²) in [6, 6.07) is 0. The maximum absolute atomic E-state index is 12.6. The number of imide groups is 1. The standard InChI is InChI=1S/C16H26N2O3/c1-5-6-7-17-11(19)14(2)8-15(3)10-16(4,9-14)13(21)18-12(15)20/h5-10H2,1-4H3,(H,17,19)(H,18,20,21)/t14?,15-,16+. The number of piperidine rings is 1. The Morgan fingerprint density at radius 2 is 1.62 bits per heavy atom. The van der Waals surface area contributed by atoms with Gasteiger partial charge in [-0.15, -0.1) is 0 Å². The fourth-order valence-corrected chi connectivity index (χ4v) is 4.25. The summed E-state index contributed by atoms with van der Waals surface area (Å²) >= 11 is 0. The van der Waals surface area contributed by atoms with Crippen molar-refractivity contribution in [1.82, 2.24) is 10.6 Å². The molecule has 118 valence electrons. The number of hydrogen-bond donors (Lipinski definition) is 2. The topological polar surface area (TPSA) is 75.3 Å². The lowest BCUT2D eigenvalue weighted by molar-refractivity contribution is -0.164. The van der Waals surface area contributed by atoms with Crippen LogP contribution in [0.5, 0.6) is 0 Å². The molecule has 0 aromatic heterocycles. The number of fused-ring (bicyclic) bond motifs is 2. The number of carbonyl (C=O) groups excluding carboxylic acids is 3. The second-order valence-corrected chi connectivity index (χ2v) is 7.61. The molecule has 3 atom stereocenters. The largest absolute Gasteiger partial charge is 0.356 e. The first-order valence-electron chi connectivity index (χ1n) is 7.79. The zero-order valence-corrected chi connectivity index (χ0v) is 13.5. The lowest BCUT2D eigenvalue weighted by Crippen LogP contribution is -2.63. The van der Waals surface area contributed by atoms with Crippen LogP contribution < -0.4 is 10.6 Å². The van der Waals surface area contributed by atoms with E-state index < -0.39 is 16.2 Å². The Hall–Kier alpha value is -1.39. The summed E-state index contributed by atoms with van der Waals surface area (Å²) in [7, 11) is 0. The molecule has 2 rings (SSSR count). The van der Waals surface area contributed by atoms with Gasteiger partial charge in [-0.2, -0.15) is 0 Å². The molecule has 1 aliphatic heterocycles. The van der Waals surface area contributed by atoms with E-state index in [2.05, 4.69) is 17.6 Å². The van der Waals surface area contributed by atoms with E-state index in [-0.39, 0.29) is 17.7 Å².